The van der Waals surface area contributed by atoms with Crippen LogP contribution in [0.15, 0.2) is 18.3 Å². The van der Waals surface area contributed by atoms with Gasteiger partial charge in [0.25, 0.3) is 0 Å². The molecule has 0 aromatic rings. The second-order valence-electron chi connectivity index (χ2n) is 14.2. The van der Waals surface area contributed by atoms with E-state index in [2.05, 4.69) is 166 Å². The molecule has 0 aromatic heterocycles. The van der Waals surface area contributed by atoms with Gasteiger partial charge < -0.3 is 0 Å². The quantitative estimate of drug-likeness (QED) is 0.182. The minimum Gasteiger partial charge on any atom is -0.274 e. The highest BCUT2D eigenvalue weighted by molar-refractivity contribution is 7.81. The maximum absolute atomic E-state index is 6.02. The van der Waals surface area contributed by atoms with Crippen molar-refractivity contribution in [2.45, 2.75) is 85.6 Å². The Hall–Kier alpha value is 0.640. The Kier molecular flexibility index (Phi) is 15.5. The monoisotopic (exact) mass is 659 g/mol. The fourth-order valence-electron chi connectivity index (χ4n) is 5.99. The molecule has 0 aromatic carbocycles. The van der Waals surface area contributed by atoms with E-state index in [-0.39, 0.29) is 16.7 Å². The SMILES string of the molecule is CNP(=NP(=NC(C)(C)CC(C)(C)C)(N=P(NC)(N(C)C)N(C)C)N=P(C(C)C)(N(C)C)N(C)C)(C(C)C)N(C)C. The lowest BCUT2D eigenvalue weighted by atomic mass is 9.82. The minimum atomic E-state index is -3.16. The standard InChI is InChI=1S/C26H69N11P4/c1-23(2)38(27-10,33(12)13)30-40(29-26(8,9)22-25(5,6)7,32-41(28-11,36(18)19)37(20)21)31-39(24(3)4,34(14)15)35(16)17/h23-24,27-28H,22H2,1-21H3. The van der Waals surface area contributed by atoms with Crippen LogP contribution in [0.5, 0.6) is 0 Å². The van der Waals surface area contributed by atoms with Crippen molar-refractivity contribution in [3.05, 3.63) is 0 Å². The third-order valence-electron chi connectivity index (χ3n) is 7.07. The molecule has 0 saturated carbocycles. The molecular formula is C26H69N11P4. The van der Waals surface area contributed by atoms with Gasteiger partial charge in [-0.15, -0.1) is 0 Å². The molecule has 2 N–H and O–H groups in total. The van der Waals surface area contributed by atoms with E-state index in [0.717, 1.165) is 6.42 Å². The third-order valence-corrected chi connectivity index (χ3v) is 23.8. The fourth-order valence-corrected chi connectivity index (χ4v) is 24.4. The van der Waals surface area contributed by atoms with Crippen LogP contribution in [0.25, 0.3) is 0 Å². The van der Waals surface area contributed by atoms with Gasteiger partial charge in [-0.05, 0) is 110 Å². The molecule has 0 heterocycles. The van der Waals surface area contributed by atoms with Gasteiger partial charge >= 0.3 is 7.51 Å². The number of rotatable bonds is 14. The molecule has 2 unspecified atom stereocenters. The van der Waals surface area contributed by atoms with E-state index in [4.69, 9.17) is 18.3 Å². The lowest BCUT2D eigenvalue weighted by Crippen LogP contribution is -2.30. The van der Waals surface area contributed by atoms with Gasteiger partial charge in [0.2, 0.25) is 0 Å². The Bertz CT molecular complexity index is 969. The summed E-state index contributed by atoms with van der Waals surface area (Å²) in [6.07, 6.45) is 0.892. The van der Waals surface area contributed by atoms with Gasteiger partial charge in [-0.1, -0.05) is 48.5 Å². The first-order chi connectivity index (χ1) is 18.3. The van der Waals surface area contributed by atoms with E-state index in [1.165, 1.54) is 0 Å². The van der Waals surface area contributed by atoms with Crippen LogP contribution < -0.4 is 10.2 Å². The number of hydrogen-bond donors (Lipinski definition) is 2. The van der Waals surface area contributed by atoms with E-state index in [1.54, 1.807) is 0 Å². The Morgan fingerprint density at radius 2 is 1.02 bits per heavy atom. The van der Waals surface area contributed by atoms with Gasteiger partial charge in [-0.3, -0.25) is 33.5 Å². The van der Waals surface area contributed by atoms with Crippen LogP contribution in [0.4, 0.5) is 0 Å². The van der Waals surface area contributed by atoms with Gasteiger partial charge in [-0.25, -0.2) is 4.74 Å². The minimum absolute atomic E-state index is 0.0726. The summed E-state index contributed by atoms with van der Waals surface area (Å²) in [4.78, 5) is 0. The third kappa shape index (κ3) is 9.81. The topological polar surface area (TPSA) is 89.7 Å². The molecule has 41 heavy (non-hydrogen) atoms. The van der Waals surface area contributed by atoms with Crippen molar-refractivity contribution >= 4 is 29.7 Å². The van der Waals surface area contributed by atoms with Crippen molar-refractivity contribution in [1.82, 2.24) is 33.5 Å². The van der Waals surface area contributed by atoms with Crippen molar-refractivity contribution in [3.63, 3.8) is 0 Å². The summed E-state index contributed by atoms with van der Waals surface area (Å²) < 4.78 is 35.0. The summed E-state index contributed by atoms with van der Waals surface area (Å²) in [5.41, 5.74) is 0.144. The summed E-state index contributed by atoms with van der Waals surface area (Å²) >= 11 is 0. The fraction of sp³-hybridized carbons (Fsp3) is 1.00. The van der Waals surface area contributed by atoms with E-state index in [0.29, 0.717) is 0 Å². The van der Waals surface area contributed by atoms with Crippen LogP contribution in [-0.2, 0) is 0 Å². The molecule has 0 amide bonds. The lowest BCUT2D eigenvalue weighted by molar-refractivity contribution is 0.290. The highest BCUT2D eigenvalue weighted by atomic mass is 31.3. The average Bonchev–Trinajstić information content (AvgIpc) is 2.75. The van der Waals surface area contributed by atoms with Crippen LogP contribution in [0.2, 0.25) is 0 Å². The highest BCUT2D eigenvalue weighted by Gasteiger charge is 2.41. The molecule has 0 aliphatic rings. The Balaban J connectivity index is 9.40. The zero-order chi connectivity index (χ0) is 33.0. The summed E-state index contributed by atoms with van der Waals surface area (Å²) in [5, 5.41) is 7.35. The zero-order valence-corrected chi connectivity index (χ0v) is 34.3. The number of nitrogens with one attached hydrogen (secondary N) is 2. The molecule has 0 aliphatic carbocycles. The summed E-state index contributed by atoms with van der Waals surface area (Å²) in [6, 6.07) is 0. The van der Waals surface area contributed by atoms with E-state index in [9.17, 15) is 0 Å². The van der Waals surface area contributed by atoms with Crippen molar-refractivity contribution in [2.75, 3.05) is 84.6 Å². The van der Waals surface area contributed by atoms with Crippen LogP contribution in [-0.4, -0.2) is 125 Å². The van der Waals surface area contributed by atoms with Crippen molar-refractivity contribution in [1.29, 1.82) is 0 Å². The molecule has 2 atom stereocenters. The molecule has 0 aliphatic heterocycles. The Labute approximate surface area is 256 Å². The average molecular weight is 660 g/mol. The van der Waals surface area contributed by atoms with Crippen molar-refractivity contribution in [3.8, 4) is 0 Å². The summed E-state index contributed by atoms with van der Waals surface area (Å²) in [6.45, 7) is 20.4. The molecule has 0 spiro atoms. The first-order valence-corrected chi connectivity index (χ1v) is 21.3. The van der Waals surface area contributed by atoms with E-state index >= 15 is 0 Å². The highest BCUT2D eigenvalue weighted by Crippen LogP contribution is 2.77. The number of hydrogen-bond acceptors (Lipinski definition) is 1. The number of nitrogens with zero attached hydrogens (tertiary/aromatic N) is 9. The maximum Gasteiger partial charge on any atom is 0.304 e. The lowest BCUT2D eigenvalue weighted by Gasteiger charge is -2.43. The van der Waals surface area contributed by atoms with Gasteiger partial charge in [0.05, 0.1) is 5.54 Å². The first kappa shape index (κ1) is 41.6. The maximum atomic E-state index is 6.02. The van der Waals surface area contributed by atoms with Crippen molar-refractivity contribution < 1.29 is 0 Å². The van der Waals surface area contributed by atoms with E-state index in [1.807, 2.05) is 14.1 Å². The van der Waals surface area contributed by atoms with Gasteiger partial charge in [-0.2, -0.15) is 13.5 Å². The van der Waals surface area contributed by atoms with Gasteiger partial charge in [0.15, 0.2) is 7.51 Å². The smallest absolute Gasteiger partial charge is 0.274 e. The molecule has 248 valence electrons. The van der Waals surface area contributed by atoms with Gasteiger partial charge in [0.1, 0.15) is 14.7 Å². The molecule has 0 rings (SSSR count). The van der Waals surface area contributed by atoms with Crippen LogP contribution in [0, 0.1) is 5.41 Å². The Morgan fingerprint density at radius 3 is 1.27 bits per heavy atom. The molecular weight excluding hydrogens is 590 g/mol. The molecule has 0 bridgehead atoms. The molecule has 0 radical (unpaired) electrons. The second-order valence-corrected chi connectivity index (χ2v) is 28.2. The predicted octanol–water partition coefficient (Wildman–Crippen LogP) is 8.22. The van der Waals surface area contributed by atoms with E-state index < -0.39 is 35.3 Å². The normalized spacial score (nSPS) is 17.2. The molecule has 0 saturated heterocycles. The van der Waals surface area contributed by atoms with Crippen LogP contribution in [0.1, 0.15) is 68.7 Å². The molecule has 11 nitrogen and oxygen atoms in total. The first-order valence-electron chi connectivity index (χ1n) is 14.6. The Morgan fingerprint density at radius 1 is 0.585 bits per heavy atom. The largest absolute Gasteiger partial charge is 0.304 e. The predicted molar refractivity (Wildman–Crippen MR) is 192 cm³/mol. The van der Waals surface area contributed by atoms with Crippen LogP contribution in [0.3, 0.4) is 0 Å². The van der Waals surface area contributed by atoms with Gasteiger partial charge in [0, 0.05) is 11.3 Å². The zero-order valence-electron chi connectivity index (χ0n) is 30.7. The summed E-state index contributed by atoms with van der Waals surface area (Å²) in [5.74, 6) is 0. The van der Waals surface area contributed by atoms with Crippen molar-refractivity contribution in [2.24, 2.45) is 23.7 Å². The molecule has 0 fully saturated rings. The van der Waals surface area contributed by atoms with Crippen LogP contribution >= 0.6 is 29.7 Å². The second kappa shape index (κ2) is 15.3. The molecule has 15 heteroatoms. The summed E-state index contributed by atoms with van der Waals surface area (Å²) in [7, 11) is 15.1.